The van der Waals surface area contributed by atoms with Crippen LogP contribution in [0.1, 0.15) is 41.7 Å². The molecule has 2 atom stereocenters. The highest BCUT2D eigenvalue weighted by Gasteiger charge is 2.42. The van der Waals surface area contributed by atoms with Crippen molar-refractivity contribution in [1.82, 2.24) is 10.2 Å². The van der Waals surface area contributed by atoms with Gasteiger partial charge in [-0.3, -0.25) is 9.59 Å². The summed E-state index contributed by atoms with van der Waals surface area (Å²) in [5, 5.41) is 4.93. The van der Waals surface area contributed by atoms with Crippen LogP contribution in [0.2, 0.25) is 0 Å². The van der Waals surface area contributed by atoms with Gasteiger partial charge in [0.15, 0.2) is 5.76 Å². The Balaban J connectivity index is 1.51. The zero-order chi connectivity index (χ0) is 20.2. The van der Waals surface area contributed by atoms with Gasteiger partial charge in [0, 0.05) is 4.88 Å². The molecule has 1 N–H and O–H groups in total. The second-order valence-electron chi connectivity index (χ2n) is 7.72. The summed E-state index contributed by atoms with van der Waals surface area (Å²) in [6.07, 6.45) is 5.70. The third kappa shape index (κ3) is 4.70. The molecule has 4 rings (SSSR count). The average molecular weight is 411 g/mol. The topological polar surface area (TPSA) is 58.6 Å². The van der Waals surface area contributed by atoms with Crippen LogP contribution in [0.25, 0.3) is 6.08 Å². The van der Waals surface area contributed by atoms with E-state index < -0.39 is 0 Å². The molecule has 2 fully saturated rings. The fraction of sp³-hybridized carbons (Fsp3) is 0.391. The molecule has 29 heavy (non-hydrogen) atoms. The summed E-state index contributed by atoms with van der Waals surface area (Å²) in [5.74, 6) is 0.0126. The van der Waals surface area contributed by atoms with E-state index in [1.54, 1.807) is 22.3 Å². The highest BCUT2D eigenvalue weighted by atomic mass is 32.1. The lowest BCUT2D eigenvalue weighted by Crippen LogP contribution is -2.57. The molecule has 2 amide bonds. The minimum atomic E-state index is -0.194. The van der Waals surface area contributed by atoms with Crippen molar-refractivity contribution in [3.8, 4) is 0 Å². The molecule has 1 saturated heterocycles. The van der Waals surface area contributed by atoms with Gasteiger partial charge in [0.05, 0.1) is 12.6 Å². The first-order chi connectivity index (χ1) is 14.1. The van der Waals surface area contributed by atoms with Gasteiger partial charge in [-0.1, -0.05) is 42.3 Å². The van der Waals surface area contributed by atoms with E-state index in [1.807, 2.05) is 48.7 Å². The van der Waals surface area contributed by atoms with Gasteiger partial charge < -0.3 is 15.0 Å². The number of morpholine rings is 1. The van der Waals surface area contributed by atoms with Crippen LogP contribution in [-0.4, -0.2) is 35.4 Å². The van der Waals surface area contributed by atoms with Crippen molar-refractivity contribution in [2.75, 3.05) is 6.54 Å². The first kappa shape index (κ1) is 19.7. The number of amides is 2. The number of ether oxygens (including phenoxy) is 1. The molecule has 2 aromatic rings. The van der Waals surface area contributed by atoms with Crippen LogP contribution < -0.4 is 5.32 Å². The molecular formula is C23H26N2O3S. The molecule has 1 aromatic heterocycles. The SMILES string of the molecule is Cc1cccc(/C=C2/OC3CCCCC3N(CC(=O)NCc3cccs3)C2=O)c1. The van der Waals surface area contributed by atoms with Crippen molar-refractivity contribution in [2.24, 2.45) is 0 Å². The Labute approximate surface area is 175 Å². The Morgan fingerprint density at radius 3 is 2.93 bits per heavy atom. The number of thiophene rings is 1. The molecule has 2 aliphatic rings. The van der Waals surface area contributed by atoms with E-state index in [9.17, 15) is 9.59 Å². The molecule has 2 unspecified atom stereocenters. The van der Waals surface area contributed by atoms with Crippen LogP contribution in [0.3, 0.4) is 0 Å². The van der Waals surface area contributed by atoms with Gasteiger partial charge in [-0.15, -0.1) is 11.3 Å². The van der Waals surface area contributed by atoms with Gasteiger partial charge in [0.25, 0.3) is 5.91 Å². The van der Waals surface area contributed by atoms with Crippen LogP contribution in [0.5, 0.6) is 0 Å². The molecule has 1 aromatic carbocycles. The van der Waals surface area contributed by atoms with Crippen molar-refractivity contribution in [3.63, 3.8) is 0 Å². The molecular weight excluding hydrogens is 384 g/mol. The van der Waals surface area contributed by atoms with E-state index >= 15 is 0 Å². The molecule has 0 spiro atoms. The summed E-state index contributed by atoms with van der Waals surface area (Å²) in [4.78, 5) is 28.6. The van der Waals surface area contributed by atoms with Gasteiger partial charge in [-0.2, -0.15) is 0 Å². The Kier molecular flexibility index (Phi) is 6.00. The average Bonchev–Trinajstić information content (AvgIpc) is 3.23. The lowest BCUT2D eigenvalue weighted by atomic mass is 9.89. The van der Waals surface area contributed by atoms with Gasteiger partial charge in [-0.25, -0.2) is 0 Å². The van der Waals surface area contributed by atoms with Crippen LogP contribution in [0, 0.1) is 6.92 Å². The summed E-state index contributed by atoms with van der Waals surface area (Å²) >= 11 is 1.61. The predicted molar refractivity (Wildman–Crippen MR) is 114 cm³/mol. The van der Waals surface area contributed by atoms with E-state index in [1.165, 1.54) is 0 Å². The summed E-state index contributed by atoms with van der Waals surface area (Å²) < 4.78 is 6.12. The maximum atomic E-state index is 13.2. The quantitative estimate of drug-likeness (QED) is 0.761. The van der Waals surface area contributed by atoms with Crippen molar-refractivity contribution in [3.05, 3.63) is 63.5 Å². The van der Waals surface area contributed by atoms with Crippen LogP contribution >= 0.6 is 11.3 Å². The largest absolute Gasteiger partial charge is 0.482 e. The Hall–Kier alpha value is -2.60. The summed E-state index contributed by atoms with van der Waals surface area (Å²) in [6.45, 7) is 2.59. The molecule has 1 aliphatic heterocycles. The minimum Gasteiger partial charge on any atom is -0.482 e. The number of hydrogen-bond acceptors (Lipinski definition) is 4. The first-order valence-electron chi connectivity index (χ1n) is 10.2. The summed E-state index contributed by atoms with van der Waals surface area (Å²) in [6, 6.07) is 11.9. The Morgan fingerprint density at radius 2 is 2.14 bits per heavy atom. The molecule has 1 aliphatic carbocycles. The minimum absolute atomic E-state index is 0.0293. The number of rotatable bonds is 5. The zero-order valence-corrected chi connectivity index (χ0v) is 17.4. The van der Waals surface area contributed by atoms with Crippen molar-refractivity contribution in [2.45, 2.75) is 51.3 Å². The smallest absolute Gasteiger partial charge is 0.289 e. The molecule has 0 bridgehead atoms. The van der Waals surface area contributed by atoms with E-state index in [-0.39, 0.29) is 30.5 Å². The number of nitrogens with zero attached hydrogens (tertiary/aromatic N) is 1. The lowest BCUT2D eigenvalue weighted by molar-refractivity contribution is -0.151. The van der Waals surface area contributed by atoms with Crippen molar-refractivity contribution < 1.29 is 14.3 Å². The van der Waals surface area contributed by atoms with E-state index in [4.69, 9.17) is 4.74 Å². The molecule has 1 saturated carbocycles. The second kappa shape index (κ2) is 8.82. The molecule has 152 valence electrons. The Morgan fingerprint density at radius 1 is 1.28 bits per heavy atom. The monoisotopic (exact) mass is 410 g/mol. The van der Waals surface area contributed by atoms with Gasteiger partial charge >= 0.3 is 0 Å². The third-order valence-electron chi connectivity index (χ3n) is 5.51. The number of aryl methyl sites for hydroxylation is 1. The zero-order valence-electron chi connectivity index (χ0n) is 16.6. The summed E-state index contributed by atoms with van der Waals surface area (Å²) in [7, 11) is 0. The van der Waals surface area contributed by atoms with E-state index in [2.05, 4.69) is 5.32 Å². The number of carbonyl (C=O) groups excluding carboxylic acids is 2. The highest BCUT2D eigenvalue weighted by Crippen LogP contribution is 2.33. The number of benzene rings is 1. The standard InChI is InChI=1S/C23H26N2O3S/c1-16-6-4-7-17(12-16)13-21-23(27)25(19-9-2-3-10-20(19)28-21)15-22(26)24-14-18-8-5-11-29-18/h4-8,11-13,19-20H,2-3,9-10,14-15H2,1H3,(H,24,26)/b21-13+. The number of nitrogens with one attached hydrogen (secondary N) is 1. The summed E-state index contributed by atoms with van der Waals surface area (Å²) in [5.41, 5.74) is 2.06. The van der Waals surface area contributed by atoms with Gasteiger partial charge in [-0.05, 0) is 49.3 Å². The Bertz CT molecular complexity index is 907. The molecule has 2 heterocycles. The fourth-order valence-corrected chi connectivity index (χ4v) is 4.73. The number of fused-ring (bicyclic) bond motifs is 1. The van der Waals surface area contributed by atoms with Gasteiger partial charge in [0.2, 0.25) is 5.91 Å². The van der Waals surface area contributed by atoms with Crippen LogP contribution in [-0.2, 0) is 20.9 Å². The van der Waals surface area contributed by atoms with Crippen molar-refractivity contribution >= 4 is 29.2 Å². The number of hydrogen-bond donors (Lipinski definition) is 1. The molecule has 5 nitrogen and oxygen atoms in total. The fourth-order valence-electron chi connectivity index (χ4n) is 4.08. The van der Waals surface area contributed by atoms with E-state index in [0.717, 1.165) is 41.7 Å². The highest BCUT2D eigenvalue weighted by molar-refractivity contribution is 7.09. The maximum absolute atomic E-state index is 13.2. The third-order valence-corrected chi connectivity index (χ3v) is 6.39. The van der Waals surface area contributed by atoms with Crippen LogP contribution in [0.4, 0.5) is 0 Å². The lowest BCUT2D eigenvalue weighted by Gasteiger charge is -2.44. The van der Waals surface area contributed by atoms with Gasteiger partial charge in [0.1, 0.15) is 12.6 Å². The molecule has 0 radical (unpaired) electrons. The van der Waals surface area contributed by atoms with E-state index in [0.29, 0.717) is 12.3 Å². The maximum Gasteiger partial charge on any atom is 0.289 e. The van der Waals surface area contributed by atoms with Crippen molar-refractivity contribution in [1.29, 1.82) is 0 Å². The second-order valence-corrected chi connectivity index (χ2v) is 8.75. The van der Waals surface area contributed by atoms with Crippen LogP contribution in [0.15, 0.2) is 47.5 Å². The normalized spacial score (nSPS) is 22.9. The first-order valence-corrected chi connectivity index (χ1v) is 11.0. The number of carbonyl (C=O) groups is 2. The molecule has 6 heteroatoms. The predicted octanol–water partition coefficient (Wildman–Crippen LogP) is 3.88.